The molecule has 0 spiro atoms. The average Bonchev–Trinajstić information content (AvgIpc) is 3.72. The zero-order valence-electron chi connectivity index (χ0n) is 21.8. The molecule has 1 atom stereocenters. The Balaban J connectivity index is 1.55. The van der Waals surface area contributed by atoms with Gasteiger partial charge in [-0.05, 0) is 72.4 Å². The summed E-state index contributed by atoms with van der Waals surface area (Å²) in [5, 5.41) is 11.0. The first-order chi connectivity index (χ1) is 19.2. The van der Waals surface area contributed by atoms with Crippen LogP contribution < -0.4 is 20.5 Å². The molecule has 1 aliphatic carbocycles. The van der Waals surface area contributed by atoms with Gasteiger partial charge in [0.1, 0.15) is 17.8 Å². The summed E-state index contributed by atoms with van der Waals surface area (Å²) in [5.41, 5.74) is 0.290. The summed E-state index contributed by atoms with van der Waals surface area (Å²) in [7, 11) is 3.09. The quantitative estimate of drug-likeness (QED) is 0.282. The molecule has 0 aliphatic heterocycles. The average molecular weight is 553 g/mol. The molecule has 0 radical (unpaired) electrons. The number of carbonyl (C=O) groups is 1. The van der Waals surface area contributed by atoms with E-state index in [1.54, 1.807) is 32.4 Å². The van der Waals surface area contributed by atoms with Gasteiger partial charge in [0.2, 0.25) is 0 Å². The smallest absolute Gasteiger partial charge is 0.418 e. The second-order valence-electron chi connectivity index (χ2n) is 9.59. The van der Waals surface area contributed by atoms with Crippen LogP contribution >= 0.6 is 0 Å². The molecule has 40 heavy (non-hydrogen) atoms. The van der Waals surface area contributed by atoms with Crippen LogP contribution in [0.5, 0.6) is 11.5 Å². The SMILES string of the molecule is COc1cc(OC)cc(C(NC(=O)c2cc(Cn3ccoc3=N)cc(-c3ncccc3C(F)(F)F)c2)C2CC2)c1. The first-order valence-electron chi connectivity index (χ1n) is 12.5. The zero-order valence-corrected chi connectivity index (χ0v) is 21.8. The maximum atomic E-state index is 13.8. The molecule has 2 N–H and O–H groups in total. The number of benzene rings is 2. The Morgan fingerprint density at radius 1 is 1.15 bits per heavy atom. The van der Waals surface area contributed by atoms with Crippen molar-refractivity contribution in [1.29, 1.82) is 5.41 Å². The van der Waals surface area contributed by atoms with Gasteiger partial charge >= 0.3 is 6.18 Å². The van der Waals surface area contributed by atoms with Crippen LogP contribution in [0.4, 0.5) is 13.2 Å². The van der Waals surface area contributed by atoms with E-state index in [1.807, 2.05) is 12.1 Å². The van der Waals surface area contributed by atoms with E-state index in [9.17, 15) is 18.0 Å². The highest BCUT2D eigenvalue weighted by molar-refractivity contribution is 5.96. The number of nitrogens with zero attached hydrogens (tertiary/aromatic N) is 2. The molecule has 1 amide bonds. The Hall–Kier alpha value is -4.54. The molecule has 11 heteroatoms. The van der Waals surface area contributed by atoms with Crippen LogP contribution in [0, 0.1) is 11.3 Å². The number of oxazole rings is 1. The Labute approximate surface area is 227 Å². The number of halogens is 3. The molecule has 0 bridgehead atoms. The molecule has 1 fully saturated rings. The van der Waals surface area contributed by atoms with Gasteiger partial charge in [-0.15, -0.1) is 0 Å². The molecule has 2 heterocycles. The van der Waals surface area contributed by atoms with E-state index in [0.29, 0.717) is 17.1 Å². The fourth-order valence-electron chi connectivity index (χ4n) is 4.68. The van der Waals surface area contributed by atoms with E-state index < -0.39 is 17.6 Å². The lowest BCUT2D eigenvalue weighted by Crippen LogP contribution is -2.30. The minimum Gasteiger partial charge on any atom is -0.497 e. The number of aromatic nitrogens is 2. The molecule has 0 saturated heterocycles. The van der Waals surface area contributed by atoms with Crippen molar-refractivity contribution in [3.8, 4) is 22.8 Å². The lowest BCUT2D eigenvalue weighted by molar-refractivity contribution is -0.137. The molecular formula is C29H27F3N4O4. The lowest BCUT2D eigenvalue weighted by atomic mass is 9.98. The van der Waals surface area contributed by atoms with Crippen LogP contribution in [-0.2, 0) is 12.7 Å². The van der Waals surface area contributed by atoms with E-state index in [4.69, 9.17) is 19.3 Å². The number of pyridine rings is 1. The molecule has 4 aromatic rings. The lowest BCUT2D eigenvalue weighted by Gasteiger charge is -2.21. The van der Waals surface area contributed by atoms with Crippen LogP contribution in [0.3, 0.4) is 0 Å². The second kappa shape index (κ2) is 10.9. The van der Waals surface area contributed by atoms with Crippen molar-refractivity contribution in [2.45, 2.75) is 31.6 Å². The minimum absolute atomic E-state index is 0.108. The van der Waals surface area contributed by atoms with Gasteiger partial charge in [0.05, 0.1) is 38.1 Å². The van der Waals surface area contributed by atoms with Crippen LogP contribution in [0.2, 0.25) is 0 Å². The van der Waals surface area contributed by atoms with E-state index in [0.717, 1.165) is 24.5 Å². The van der Waals surface area contributed by atoms with Crippen LogP contribution in [0.1, 0.15) is 45.9 Å². The highest BCUT2D eigenvalue weighted by Crippen LogP contribution is 2.43. The number of hydrogen-bond donors (Lipinski definition) is 2. The summed E-state index contributed by atoms with van der Waals surface area (Å²) < 4.78 is 58.9. The molecular weight excluding hydrogens is 525 g/mol. The van der Waals surface area contributed by atoms with E-state index >= 15 is 0 Å². The number of amides is 1. The number of rotatable bonds is 9. The Morgan fingerprint density at radius 3 is 2.48 bits per heavy atom. The van der Waals surface area contributed by atoms with E-state index in [-0.39, 0.29) is 41.0 Å². The van der Waals surface area contributed by atoms with Crippen molar-refractivity contribution in [3.05, 3.63) is 95.1 Å². The second-order valence-corrected chi connectivity index (χ2v) is 9.59. The Kier molecular flexibility index (Phi) is 7.38. The number of carbonyl (C=O) groups excluding carboxylic acids is 1. The first-order valence-corrected chi connectivity index (χ1v) is 12.5. The van der Waals surface area contributed by atoms with Crippen LogP contribution in [0.25, 0.3) is 11.3 Å². The molecule has 1 unspecified atom stereocenters. The van der Waals surface area contributed by atoms with Gasteiger partial charge in [-0.1, -0.05) is 0 Å². The summed E-state index contributed by atoms with van der Waals surface area (Å²) in [6.07, 6.45) is 1.35. The Bertz CT molecular complexity index is 1570. The van der Waals surface area contributed by atoms with E-state index in [1.165, 1.54) is 35.4 Å². The molecule has 5 rings (SSSR count). The van der Waals surface area contributed by atoms with Gasteiger partial charge in [0, 0.05) is 29.6 Å². The third-order valence-electron chi connectivity index (χ3n) is 6.79. The largest absolute Gasteiger partial charge is 0.497 e. The van der Waals surface area contributed by atoms with Crippen molar-refractivity contribution in [2.75, 3.05) is 14.2 Å². The van der Waals surface area contributed by atoms with Crippen LogP contribution in [-0.4, -0.2) is 29.7 Å². The zero-order chi connectivity index (χ0) is 28.4. The van der Waals surface area contributed by atoms with Crippen molar-refractivity contribution >= 4 is 5.91 Å². The van der Waals surface area contributed by atoms with Crippen molar-refractivity contribution in [2.24, 2.45) is 5.92 Å². The third-order valence-corrected chi connectivity index (χ3v) is 6.79. The number of alkyl halides is 3. The highest BCUT2D eigenvalue weighted by Gasteiger charge is 2.36. The summed E-state index contributed by atoms with van der Waals surface area (Å²) in [4.78, 5) is 17.7. The van der Waals surface area contributed by atoms with Gasteiger partial charge in [0.25, 0.3) is 11.6 Å². The van der Waals surface area contributed by atoms with Gasteiger partial charge in [-0.25, -0.2) is 0 Å². The molecule has 1 saturated carbocycles. The van der Waals surface area contributed by atoms with Crippen LogP contribution in [0.15, 0.2) is 71.6 Å². The standard InChI is InChI=1S/C29H27F3N4O4/c1-38-22-13-20(14-23(15-22)39-2)25(18-5-6-18)35-27(37)21-11-17(16-36-8-9-40-28(36)33)10-19(12-21)26-24(29(30,31)32)4-3-7-34-26/h3-4,7-15,18,25,33H,5-6,16H2,1-2H3,(H,35,37). The maximum Gasteiger partial charge on any atom is 0.418 e. The van der Waals surface area contributed by atoms with Gasteiger partial charge in [0.15, 0.2) is 0 Å². The number of ether oxygens (including phenoxy) is 2. The van der Waals surface area contributed by atoms with Gasteiger partial charge in [-0.3, -0.25) is 19.8 Å². The Morgan fingerprint density at radius 2 is 1.88 bits per heavy atom. The predicted molar refractivity (Wildman–Crippen MR) is 139 cm³/mol. The van der Waals surface area contributed by atoms with Gasteiger partial charge < -0.3 is 19.2 Å². The maximum absolute atomic E-state index is 13.8. The first kappa shape index (κ1) is 27.0. The molecule has 2 aromatic carbocycles. The van der Waals surface area contributed by atoms with E-state index in [2.05, 4.69) is 10.3 Å². The fraction of sp³-hybridized carbons (Fsp3) is 0.276. The number of hydrogen-bond acceptors (Lipinski definition) is 6. The highest BCUT2D eigenvalue weighted by atomic mass is 19.4. The topological polar surface area (TPSA) is 102 Å². The van der Waals surface area contributed by atoms with Crippen molar-refractivity contribution < 1.29 is 31.9 Å². The molecule has 8 nitrogen and oxygen atoms in total. The summed E-state index contributed by atoms with van der Waals surface area (Å²) in [5.74, 6) is 0.909. The summed E-state index contributed by atoms with van der Waals surface area (Å²) in [6, 6.07) is 11.8. The summed E-state index contributed by atoms with van der Waals surface area (Å²) >= 11 is 0. The minimum atomic E-state index is -4.64. The number of nitrogens with one attached hydrogen (secondary N) is 2. The fourth-order valence-corrected chi connectivity index (χ4v) is 4.68. The van der Waals surface area contributed by atoms with Crippen molar-refractivity contribution in [3.63, 3.8) is 0 Å². The molecule has 1 aliphatic rings. The normalized spacial score (nSPS) is 14.0. The third kappa shape index (κ3) is 5.88. The number of methoxy groups -OCH3 is 2. The summed E-state index contributed by atoms with van der Waals surface area (Å²) in [6.45, 7) is 0.108. The molecule has 208 valence electrons. The predicted octanol–water partition coefficient (Wildman–Crippen LogP) is 5.59. The monoisotopic (exact) mass is 552 g/mol. The molecule has 2 aromatic heterocycles. The van der Waals surface area contributed by atoms with Crippen molar-refractivity contribution in [1.82, 2.24) is 14.9 Å². The van der Waals surface area contributed by atoms with Gasteiger partial charge in [-0.2, -0.15) is 13.2 Å².